The second-order valence-electron chi connectivity index (χ2n) is 5.27. The van der Waals surface area contributed by atoms with Gasteiger partial charge >= 0.3 is 0 Å². The topological polar surface area (TPSA) is 112 Å². The standard InChI is InChI=1S/C18H14O8/c1-23-11-5-4-8(17(25-3)14(11)21)16-9(7-19)13-10(20)6-12(24-2)15(22)18(13)26-16/h4-7,21H,1-3H3. The second-order valence-corrected chi connectivity index (χ2v) is 5.27. The number of hydrogen-bond acceptors (Lipinski definition) is 8. The summed E-state index contributed by atoms with van der Waals surface area (Å²) in [6.45, 7) is 0. The van der Waals surface area contributed by atoms with Gasteiger partial charge in [-0.3, -0.25) is 14.4 Å². The van der Waals surface area contributed by atoms with Crippen LogP contribution in [0.3, 0.4) is 0 Å². The molecule has 3 rings (SSSR count). The van der Waals surface area contributed by atoms with Crippen molar-refractivity contribution in [2.45, 2.75) is 0 Å². The van der Waals surface area contributed by atoms with Crippen LogP contribution in [0.15, 0.2) is 28.4 Å². The Balaban J connectivity index is 2.29. The lowest BCUT2D eigenvalue weighted by Gasteiger charge is -2.12. The van der Waals surface area contributed by atoms with Gasteiger partial charge in [0.25, 0.3) is 5.78 Å². The van der Waals surface area contributed by atoms with Gasteiger partial charge in [0.2, 0.25) is 5.75 Å². The number of ether oxygens (including phenoxy) is 3. The maximum Gasteiger partial charge on any atom is 0.263 e. The van der Waals surface area contributed by atoms with E-state index in [9.17, 15) is 19.5 Å². The van der Waals surface area contributed by atoms with Crippen LogP contribution in [0, 0.1) is 0 Å². The van der Waals surface area contributed by atoms with Gasteiger partial charge in [0.1, 0.15) is 5.76 Å². The minimum Gasteiger partial charge on any atom is -0.502 e. The summed E-state index contributed by atoms with van der Waals surface area (Å²) < 4.78 is 20.6. The lowest BCUT2D eigenvalue weighted by atomic mass is 9.95. The molecule has 1 aromatic heterocycles. The summed E-state index contributed by atoms with van der Waals surface area (Å²) in [5, 5.41) is 10.2. The van der Waals surface area contributed by atoms with Gasteiger partial charge in [0.15, 0.2) is 35.1 Å². The highest BCUT2D eigenvalue weighted by atomic mass is 16.5. The monoisotopic (exact) mass is 358 g/mol. The fourth-order valence-electron chi connectivity index (χ4n) is 2.78. The van der Waals surface area contributed by atoms with Crippen LogP contribution in [0.2, 0.25) is 0 Å². The van der Waals surface area contributed by atoms with Crippen LogP contribution in [0.1, 0.15) is 31.3 Å². The number of fused-ring (bicyclic) bond motifs is 1. The third-order valence-electron chi connectivity index (χ3n) is 3.98. The minimum atomic E-state index is -0.659. The molecule has 2 aromatic rings. The average molecular weight is 358 g/mol. The summed E-state index contributed by atoms with van der Waals surface area (Å²) in [4.78, 5) is 36.3. The number of allylic oxidation sites excluding steroid dienone is 2. The SMILES string of the molecule is COC1=CC(=O)c2c(oc(-c3ccc(OC)c(O)c3OC)c2C=O)C1=O. The summed E-state index contributed by atoms with van der Waals surface area (Å²) in [5.41, 5.74) is -0.0901. The normalized spacial score (nSPS) is 13.1. The lowest BCUT2D eigenvalue weighted by Crippen LogP contribution is -2.17. The van der Waals surface area contributed by atoms with Gasteiger partial charge in [-0.1, -0.05) is 0 Å². The van der Waals surface area contributed by atoms with Gasteiger partial charge < -0.3 is 23.7 Å². The number of hydrogen-bond donors (Lipinski definition) is 1. The first kappa shape index (κ1) is 17.3. The van der Waals surface area contributed by atoms with Crippen LogP contribution in [0.4, 0.5) is 0 Å². The zero-order valence-electron chi connectivity index (χ0n) is 14.1. The second kappa shape index (κ2) is 6.40. The Labute approximate surface area is 147 Å². The molecular formula is C18H14O8. The summed E-state index contributed by atoms with van der Waals surface area (Å²) in [6, 6.07) is 2.92. The maximum atomic E-state index is 12.4. The molecule has 8 heteroatoms. The molecule has 0 saturated heterocycles. The molecule has 1 heterocycles. The predicted octanol–water partition coefficient (Wildman–Crippen LogP) is 2.39. The van der Waals surface area contributed by atoms with E-state index in [0.29, 0.717) is 6.29 Å². The van der Waals surface area contributed by atoms with Crippen molar-refractivity contribution in [2.24, 2.45) is 0 Å². The molecule has 0 aliphatic heterocycles. The first-order valence-electron chi connectivity index (χ1n) is 7.39. The molecule has 0 radical (unpaired) electrons. The van der Waals surface area contributed by atoms with E-state index in [2.05, 4.69) is 0 Å². The number of aromatic hydroxyl groups is 1. The highest BCUT2D eigenvalue weighted by Gasteiger charge is 2.36. The molecule has 0 saturated carbocycles. The molecule has 0 atom stereocenters. The van der Waals surface area contributed by atoms with Crippen molar-refractivity contribution in [3.63, 3.8) is 0 Å². The molecule has 134 valence electrons. The zero-order chi connectivity index (χ0) is 19.0. The van der Waals surface area contributed by atoms with Crippen LogP contribution < -0.4 is 9.47 Å². The number of phenolic OH excluding ortho intramolecular Hbond substituents is 1. The van der Waals surface area contributed by atoms with Crippen molar-refractivity contribution >= 4 is 17.9 Å². The molecule has 1 aliphatic carbocycles. The van der Waals surface area contributed by atoms with Gasteiger partial charge in [0.05, 0.1) is 38.0 Å². The molecule has 0 unspecified atom stereocenters. The highest BCUT2D eigenvalue weighted by Crippen LogP contribution is 2.46. The van der Waals surface area contributed by atoms with Crippen molar-refractivity contribution < 1.29 is 38.1 Å². The molecule has 0 amide bonds. The average Bonchev–Trinajstić information content (AvgIpc) is 3.04. The maximum absolute atomic E-state index is 12.4. The largest absolute Gasteiger partial charge is 0.502 e. The third kappa shape index (κ3) is 2.34. The summed E-state index contributed by atoms with van der Waals surface area (Å²) >= 11 is 0. The van der Waals surface area contributed by atoms with E-state index >= 15 is 0 Å². The smallest absolute Gasteiger partial charge is 0.263 e. The van der Waals surface area contributed by atoms with Crippen LogP contribution in [-0.2, 0) is 4.74 Å². The Morgan fingerprint density at radius 3 is 2.35 bits per heavy atom. The van der Waals surface area contributed by atoms with E-state index in [0.717, 1.165) is 6.08 Å². The van der Waals surface area contributed by atoms with E-state index in [4.69, 9.17) is 18.6 Å². The molecule has 0 bridgehead atoms. The van der Waals surface area contributed by atoms with Gasteiger partial charge in [-0.25, -0.2) is 0 Å². The summed E-state index contributed by atoms with van der Waals surface area (Å²) in [7, 11) is 3.92. The van der Waals surface area contributed by atoms with Gasteiger partial charge in [-0.2, -0.15) is 0 Å². The highest BCUT2D eigenvalue weighted by molar-refractivity contribution is 6.25. The fraction of sp³-hybridized carbons (Fsp3) is 0.167. The van der Waals surface area contributed by atoms with E-state index in [-0.39, 0.29) is 51.2 Å². The van der Waals surface area contributed by atoms with E-state index in [1.54, 1.807) is 0 Å². The molecule has 8 nitrogen and oxygen atoms in total. The Morgan fingerprint density at radius 2 is 1.77 bits per heavy atom. The first-order chi connectivity index (χ1) is 12.5. The minimum absolute atomic E-state index is 0.0293. The van der Waals surface area contributed by atoms with E-state index in [1.807, 2.05) is 0 Å². The van der Waals surface area contributed by atoms with Crippen molar-refractivity contribution in [2.75, 3.05) is 21.3 Å². The molecule has 0 spiro atoms. The quantitative estimate of drug-likeness (QED) is 0.811. The third-order valence-corrected chi connectivity index (χ3v) is 3.98. The number of aldehydes is 1. The van der Waals surface area contributed by atoms with Crippen molar-refractivity contribution in [3.05, 3.63) is 40.9 Å². The van der Waals surface area contributed by atoms with Crippen LogP contribution in [0.5, 0.6) is 17.2 Å². The van der Waals surface area contributed by atoms with E-state index in [1.165, 1.54) is 33.5 Å². The zero-order valence-corrected chi connectivity index (χ0v) is 14.1. The summed E-state index contributed by atoms with van der Waals surface area (Å²) in [6.07, 6.45) is 1.41. The van der Waals surface area contributed by atoms with Crippen molar-refractivity contribution in [1.82, 2.24) is 0 Å². The Hall–Kier alpha value is -3.55. The number of benzene rings is 1. The van der Waals surface area contributed by atoms with Crippen LogP contribution >= 0.6 is 0 Å². The molecule has 1 N–H and O–H groups in total. The number of ketones is 2. The molecule has 1 aliphatic rings. The number of methoxy groups -OCH3 is 3. The molecule has 0 fully saturated rings. The van der Waals surface area contributed by atoms with Crippen LogP contribution in [0.25, 0.3) is 11.3 Å². The number of carbonyl (C=O) groups is 3. The Morgan fingerprint density at radius 1 is 1.04 bits per heavy atom. The van der Waals surface area contributed by atoms with Gasteiger partial charge in [-0.15, -0.1) is 0 Å². The van der Waals surface area contributed by atoms with Crippen molar-refractivity contribution in [1.29, 1.82) is 0 Å². The fourth-order valence-corrected chi connectivity index (χ4v) is 2.78. The lowest BCUT2D eigenvalue weighted by molar-refractivity contribution is 0.0892. The number of furan rings is 1. The molecule has 1 aromatic carbocycles. The Bertz CT molecular complexity index is 964. The number of Topliss-reactive ketones (excluding diaryl/α,β-unsaturated/α-hetero) is 1. The van der Waals surface area contributed by atoms with E-state index < -0.39 is 11.6 Å². The number of phenols is 1. The molecule has 26 heavy (non-hydrogen) atoms. The Kier molecular flexibility index (Phi) is 4.25. The first-order valence-corrected chi connectivity index (χ1v) is 7.39. The number of carbonyl (C=O) groups excluding carboxylic acids is 3. The number of rotatable bonds is 5. The molecular weight excluding hydrogens is 344 g/mol. The summed E-state index contributed by atoms with van der Waals surface area (Å²) in [5.74, 6) is -2.02. The predicted molar refractivity (Wildman–Crippen MR) is 88.1 cm³/mol. The van der Waals surface area contributed by atoms with Gasteiger partial charge in [0, 0.05) is 6.08 Å². The van der Waals surface area contributed by atoms with Crippen LogP contribution in [-0.4, -0.2) is 44.3 Å². The van der Waals surface area contributed by atoms with Gasteiger partial charge in [-0.05, 0) is 12.1 Å². The van der Waals surface area contributed by atoms with Crippen molar-refractivity contribution in [3.8, 4) is 28.6 Å².